The summed E-state index contributed by atoms with van der Waals surface area (Å²) in [6.07, 6.45) is 0.570. The van der Waals surface area contributed by atoms with Crippen LogP contribution < -0.4 is 10.9 Å². The Balaban J connectivity index is 2.19. The molecule has 0 aliphatic carbocycles. The second kappa shape index (κ2) is 8.31. The number of hydrogen-bond donors (Lipinski definition) is 2. The molecule has 0 saturated heterocycles. The summed E-state index contributed by atoms with van der Waals surface area (Å²) in [5, 5.41) is 13.0. The van der Waals surface area contributed by atoms with E-state index in [1.54, 1.807) is 14.0 Å². The molecule has 7 heteroatoms. The maximum atomic E-state index is 13.9. The first-order valence-corrected chi connectivity index (χ1v) is 9.20. The summed E-state index contributed by atoms with van der Waals surface area (Å²) in [7, 11) is 1.64. The van der Waals surface area contributed by atoms with E-state index in [0.717, 1.165) is 11.6 Å². The van der Waals surface area contributed by atoms with Crippen LogP contribution in [0.25, 0.3) is 11.4 Å². The third-order valence-corrected chi connectivity index (χ3v) is 4.91. The molecule has 1 aromatic heterocycles. The number of benzene rings is 2. The Morgan fingerprint density at radius 3 is 2.61 bits per heavy atom. The lowest BCUT2D eigenvalue weighted by atomic mass is 10.1. The highest BCUT2D eigenvalue weighted by Crippen LogP contribution is 2.30. The fourth-order valence-electron chi connectivity index (χ4n) is 3.04. The minimum absolute atomic E-state index is 0.162. The largest absolute Gasteiger partial charge is 0.504 e. The van der Waals surface area contributed by atoms with E-state index in [9.17, 15) is 14.3 Å². The van der Waals surface area contributed by atoms with Crippen LogP contribution in [0.4, 0.5) is 4.39 Å². The minimum atomic E-state index is -0.770. The zero-order chi connectivity index (χ0) is 20.3. The van der Waals surface area contributed by atoms with Crippen molar-refractivity contribution in [1.82, 2.24) is 14.9 Å². The Bertz CT molecular complexity index is 1080. The highest BCUT2D eigenvalue weighted by molar-refractivity contribution is 7.80. The van der Waals surface area contributed by atoms with E-state index in [4.69, 9.17) is 12.2 Å². The summed E-state index contributed by atoms with van der Waals surface area (Å²) < 4.78 is 15.4. The number of nitrogens with one attached hydrogen (secondary N) is 1. The molecular formula is C21H20FN3O2S. The van der Waals surface area contributed by atoms with E-state index in [-0.39, 0.29) is 16.9 Å². The fourth-order valence-corrected chi connectivity index (χ4v) is 3.28. The van der Waals surface area contributed by atoms with E-state index >= 15 is 0 Å². The number of hydrogen-bond acceptors (Lipinski definition) is 4. The molecule has 3 rings (SSSR count). The van der Waals surface area contributed by atoms with Crippen LogP contribution in [0.2, 0.25) is 0 Å². The predicted octanol–water partition coefficient (Wildman–Crippen LogP) is 3.20. The molecule has 0 amide bonds. The number of rotatable bonds is 5. The minimum Gasteiger partial charge on any atom is -0.504 e. The SMILES string of the molecule is CNC(=S)c1c(C)nc(-c2cccc(F)c2O)n(CCc2ccccc2)c1=O. The van der Waals surface area contributed by atoms with Crippen molar-refractivity contribution in [2.75, 3.05) is 7.05 Å². The van der Waals surface area contributed by atoms with Crippen LogP contribution in [0.5, 0.6) is 5.75 Å². The number of aromatic hydroxyl groups is 1. The van der Waals surface area contributed by atoms with Gasteiger partial charge in [-0.15, -0.1) is 0 Å². The summed E-state index contributed by atoms with van der Waals surface area (Å²) in [5.41, 5.74) is 1.59. The van der Waals surface area contributed by atoms with Crippen molar-refractivity contribution in [3.05, 3.63) is 81.5 Å². The first-order valence-electron chi connectivity index (χ1n) is 8.79. The van der Waals surface area contributed by atoms with E-state index in [1.807, 2.05) is 30.3 Å². The van der Waals surface area contributed by atoms with Crippen LogP contribution in [-0.4, -0.2) is 26.7 Å². The highest BCUT2D eigenvalue weighted by Gasteiger charge is 2.20. The third-order valence-electron chi connectivity index (χ3n) is 4.50. The second-order valence-corrected chi connectivity index (χ2v) is 6.71. The Morgan fingerprint density at radius 2 is 1.93 bits per heavy atom. The van der Waals surface area contributed by atoms with Crippen LogP contribution in [-0.2, 0) is 13.0 Å². The molecule has 0 radical (unpaired) electrons. The molecule has 0 saturated carbocycles. The molecule has 0 fully saturated rings. The molecule has 3 aromatic rings. The summed E-state index contributed by atoms with van der Waals surface area (Å²) in [4.78, 5) is 18.0. The smallest absolute Gasteiger partial charge is 0.264 e. The first kappa shape index (κ1) is 19.7. The van der Waals surface area contributed by atoms with Gasteiger partial charge in [0.05, 0.1) is 16.8 Å². The topological polar surface area (TPSA) is 67.2 Å². The molecule has 5 nitrogen and oxygen atoms in total. The molecule has 1 heterocycles. The Hall–Kier alpha value is -3.06. The van der Waals surface area contributed by atoms with Crippen LogP contribution in [0, 0.1) is 12.7 Å². The summed E-state index contributed by atoms with van der Waals surface area (Å²) in [6, 6.07) is 13.9. The number of halogens is 1. The molecule has 144 valence electrons. The van der Waals surface area contributed by atoms with Crippen LogP contribution >= 0.6 is 12.2 Å². The predicted molar refractivity (Wildman–Crippen MR) is 111 cm³/mol. The van der Waals surface area contributed by atoms with Crippen LogP contribution in [0.1, 0.15) is 16.8 Å². The second-order valence-electron chi connectivity index (χ2n) is 6.30. The van der Waals surface area contributed by atoms with Gasteiger partial charge in [-0.05, 0) is 31.0 Å². The zero-order valence-corrected chi connectivity index (χ0v) is 16.4. The van der Waals surface area contributed by atoms with Crippen molar-refractivity contribution in [3.63, 3.8) is 0 Å². The maximum absolute atomic E-state index is 13.9. The number of nitrogens with zero attached hydrogens (tertiary/aromatic N) is 2. The van der Waals surface area contributed by atoms with Crippen LogP contribution in [0.3, 0.4) is 0 Å². The molecule has 28 heavy (non-hydrogen) atoms. The van der Waals surface area contributed by atoms with Gasteiger partial charge in [-0.25, -0.2) is 9.37 Å². The Labute approximate surface area is 167 Å². The van der Waals surface area contributed by atoms with Gasteiger partial charge in [0.2, 0.25) is 0 Å². The number of aryl methyl sites for hydroxylation is 2. The van der Waals surface area contributed by atoms with Gasteiger partial charge in [-0.2, -0.15) is 0 Å². The summed E-state index contributed by atoms with van der Waals surface area (Å²) in [5.74, 6) is -1.10. The van der Waals surface area contributed by atoms with Gasteiger partial charge in [0, 0.05) is 13.6 Å². The van der Waals surface area contributed by atoms with E-state index in [1.165, 1.54) is 16.7 Å². The van der Waals surface area contributed by atoms with Gasteiger partial charge in [0.1, 0.15) is 10.8 Å². The summed E-state index contributed by atoms with van der Waals surface area (Å²) in [6.45, 7) is 1.97. The number of phenols is 1. The molecule has 2 N–H and O–H groups in total. The van der Waals surface area contributed by atoms with Crippen molar-refractivity contribution in [1.29, 1.82) is 0 Å². The normalized spacial score (nSPS) is 10.7. The van der Waals surface area contributed by atoms with Crippen molar-refractivity contribution >= 4 is 17.2 Å². The van der Waals surface area contributed by atoms with Crippen molar-refractivity contribution in [3.8, 4) is 17.1 Å². The molecule has 0 bridgehead atoms. The van der Waals surface area contributed by atoms with E-state index in [2.05, 4.69) is 10.3 Å². The van der Waals surface area contributed by atoms with Gasteiger partial charge in [-0.3, -0.25) is 9.36 Å². The zero-order valence-electron chi connectivity index (χ0n) is 15.6. The number of aromatic nitrogens is 2. The Kier molecular flexibility index (Phi) is 5.84. The number of thiocarbonyl (C=S) groups is 1. The lowest BCUT2D eigenvalue weighted by Crippen LogP contribution is -2.34. The van der Waals surface area contributed by atoms with E-state index < -0.39 is 11.6 Å². The average Bonchev–Trinajstić information content (AvgIpc) is 2.69. The quantitative estimate of drug-likeness (QED) is 0.647. The molecule has 0 spiro atoms. The summed E-state index contributed by atoms with van der Waals surface area (Å²) >= 11 is 5.27. The lowest BCUT2D eigenvalue weighted by molar-refractivity contribution is 0.433. The third kappa shape index (κ3) is 3.80. The molecular weight excluding hydrogens is 377 g/mol. The molecule has 0 unspecified atom stereocenters. The van der Waals surface area contributed by atoms with Gasteiger partial charge in [-0.1, -0.05) is 48.6 Å². The Morgan fingerprint density at radius 1 is 1.21 bits per heavy atom. The van der Waals surface area contributed by atoms with E-state index in [0.29, 0.717) is 29.2 Å². The van der Waals surface area contributed by atoms with Crippen molar-refractivity contribution in [2.45, 2.75) is 19.9 Å². The molecule has 0 aliphatic heterocycles. The van der Waals surface area contributed by atoms with Gasteiger partial charge in [0.15, 0.2) is 11.6 Å². The number of para-hydroxylation sites is 1. The monoisotopic (exact) mass is 397 g/mol. The fraction of sp³-hybridized carbons (Fsp3) is 0.190. The van der Waals surface area contributed by atoms with Crippen molar-refractivity contribution in [2.24, 2.45) is 0 Å². The van der Waals surface area contributed by atoms with Gasteiger partial charge >= 0.3 is 0 Å². The highest BCUT2D eigenvalue weighted by atomic mass is 32.1. The molecule has 0 aliphatic rings. The molecule has 2 aromatic carbocycles. The molecule has 0 atom stereocenters. The van der Waals surface area contributed by atoms with Crippen LogP contribution in [0.15, 0.2) is 53.3 Å². The van der Waals surface area contributed by atoms with Crippen molar-refractivity contribution < 1.29 is 9.50 Å². The van der Waals surface area contributed by atoms with Gasteiger partial charge in [0.25, 0.3) is 5.56 Å². The average molecular weight is 397 g/mol. The number of phenolic OH excluding ortho intramolecular Hbond substituents is 1. The maximum Gasteiger partial charge on any atom is 0.264 e. The standard InChI is InChI=1S/C21H20FN3O2S/c1-13-17(20(28)23-2)21(27)25(12-11-14-7-4-3-5-8-14)19(24-13)15-9-6-10-16(22)18(15)26/h3-10,26H,11-12H2,1-2H3,(H,23,28). The lowest BCUT2D eigenvalue weighted by Gasteiger charge is -2.17. The first-order chi connectivity index (χ1) is 13.4. The van der Waals surface area contributed by atoms with Gasteiger partial charge < -0.3 is 10.4 Å².